The normalized spacial score (nSPS) is 14.5. The average molecular weight is 706 g/mol. The molecule has 0 heterocycles. The average Bonchev–Trinajstić information content (AvgIpc) is 2.89. The highest BCUT2D eigenvalue weighted by Gasteiger charge is 2.75. The first-order valence-electron chi connectivity index (χ1n) is 11.7. The van der Waals surface area contributed by atoms with Crippen LogP contribution in [0.25, 0.3) is 0 Å². The van der Waals surface area contributed by atoms with E-state index in [2.05, 4.69) is 18.9 Å². The number of alkyl halides is 16. The zero-order valence-corrected chi connectivity index (χ0v) is 21.9. The number of carbonyl (C=O) groups excluding carboxylic acids is 2. The predicted molar refractivity (Wildman–Crippen MR) is 110 cm³/mol. The van der Waals surface area contributed by atoms with Crippen LogP contribution in [0.4, 0.5) is 70.2 Å². The van der Waals surface area contributed by atoms with E-state index in [1.165, 1.54) is 0 Å². The van der Waals surface area contributed by atoms with Crippen molar-refractivity contribution in [3.05, 3.63) is 0 Å². The lowest BCUT2D eigenvalue weighted by Crippen LogP contribution is -2.57. The Bertz CT molecular complexity index is 977. The summed E-state index contributed by atoms with van der Waals surface area (Å²) in [6.45, 7) is -6.66. The fourth-order valence-corrected chi connectivity index (χ4v) is 2.69. The zero-order valence-electron chi connectivity index (χ0n) is 21.9. The summed E-state index contributed by atoms with van der Waals surface area (Å²) >= 11 is 0. The molecule has 0 aromatic rings. The van der Waals surface area contributed by atoms with Crippen LogP contribution in [-0.4, -0.2) is 111 Å². The van der Waals surface area contributed by atoms with Gasteiger partial charge in [0.2, 0.25) is 0 Å². The zero-order chi connectivity index (χ0) is 35.7. The number of hydrogen-bond donors (Lipinski definition) is 1. The SMILES string of the molecule is O=C(CC(C(=O)O)C(=O)OCCOCCC(F)(F)C(F)(F)C(F)(F)C(F)F)OCCOCCC(F)(F)C(F)(F)C(F)(F)C(F)F. The van der Waals surface area contributed by atoms with Gasteiger partial charge in [0.05, 0.1) is 32.8 Å². The first-order chi connectivity index (χ1) is 20.2. The number of carboxylic acids is 1. The van der Waals surface area contributed by atoms with Crippen LogP contribution >= 0.6 is 0 Å². The lowest BCUT2D eigenvalue weighted by atomic mass is 10.0. The van der Waals surface area contributed by atoms with E-state index in [-0.39, 0.29) is 0 Å². The van der Waals surface area contributed by atoms with Crippen molar-refractivity contribution in [2.75, 3.05) is 39.6 Å². The number of carbonyl (C=O) groups is 3. The maximum atomic E-state index is 13.4. The largest absolute Gasteiger partial charge is 0.481 e. The molecule has 0 bridgehead atoms. The Kier molecular flexibility index (Phi) is 15.2. The second-order valence-corrected chi connectivity index (χ2v) is 8.61. The molecule has 1 unspecified atom stereocenters. The van der Waals surface area contributed by atoms with Gasteiger partial charge in [-0.2, -0.15) is 52.7 Å². The van der Waals surface area contributed by atoms with Gasteiger partial charge in [-0.3, -0.25) is 14.4 Å². The number of aliphatic carboxylic acids is 1. The monoisotopic (exact) mass is 706 g/mol. The van der Waals surface area contributed by atoms with Crippen molar-refractivity contribution in [1.29, 1.82) is 0 Å². The van der Waals surface area contributed by atoms with Gasteiger partial charge in [0.15, 0.2) is 5.92 Å². The first-order valence-corrected chi connectivity index (χ1v) is 11.7. The molecule has 266 valence electrons. The Hall–Kier alpha value is -2.79. The van der Waals surface area contributed by atoms with Crippen molar-refractivity contribution in [3.63, 3.8) is 0 Å². The third-order valence-corrected chi connectivity index (χ3v) is 5.34. The van der Waals surface area contributed by atoms with Gasteiger partial charge < -0.3 is 24.1 Å². The van der Waals surface area contributed by atoms with E-state index in [4.69, 9.17) is 5.11 Å². The molecule has 0 spiro atoms. The number of halogens is 16. The Morgan fingerprint density at radius 3 is 1.24 bits per heavy atom. The van der Waals surface area contributed by atoms with Crippen molar-refractivity contribution in [1.82, 2.24) is 0 Å². The third-order valence-electron chi connectivity index (χ3n) is 5.34. The molecule has 0 aliphatic rings. The molecule has 0 saturated heterocycles. The van der Waals surface area contributed by atoms with Crippen LogP contribution < -0.4 is 0 Å². The summed E-state index contributed by atoms with van der Waals surface area (Å²) in [5.41, 5.74) is 0. The Labute approximate surface area is 240 Å². The Balaban J connectivity index is 4.58. The molecule has 0 fully saturated rings. The van der Waals surface area contributed by atoms with Gasteiger partial charge in [-0.25, -0.2) is 17.6 Å². The minimum absolute atomic E-state index is 0.900. The van der Waals surface area contributed by atoms with Gasteiger partial charge in [0.25, 0.3) is 0 Å². The number of ether oxygens (including phenoxy) is 4. The molecule has 45 heavy (non-hydrogen) atoms. The van der Waals surface area contributed by atoms with E-state index in [9.17, 15) is 84.6 Å². The van der Waals surface area contributed by atoms with Crippen LogP contribution in [0.3, 0.4) is 0 Å². The summed E-state index contributed by atoms with van der Waals surface area (Å²) in [7, 11) is 0. The smallest absolute Gasteiger partial charge is 0.377 e. The summed E-state index contributed by atoms with van der Waals surface area (Å²) < 4.78 is 223. The summed E-state index contributed by atoms with van der Waals surface area (Å²) in [5, 5.41) is 9.01. The van der Waals surface area contributed by atoms with Gasteiger partial charge in [0, 0.05) is 12.8 Å². The lowest BCUT2D eigenvalue weighted by molar-refractivity contribution is -0.340. The van der Waals surface area contributed by atoms with Gasteiger partial charge in [-0.05, 0) is 0 Å². The summed E-state index contributed by atoms with van der Waals surface area (Å²) in [6.07, 6.45) is -15.9. The summed E-state index contributed by atoms with van der Waals surface area (Å²) in [6, 6.07) is 0. The van der Waals surface area contributed by atoms with Crippen LogP contribution in [0, 0.1) is 5.92 Å². The molecule has 0 amide bonds. The third kappa shape index (κ3) is 10.6. The van der Waals surface area contributed by atoms with Crippen molar-refractivity contribution in [2.24, 2.45) is 5.92 Å². The topological polar surface area (TPSA) is 108 Å². The van der Waals surface area contributed by atoms with Crippen molar-refractivity contribution >= 4 is 17.9 Å². The minimum Gasteiger partial charge on any atom is -0.481 e. The molecule has 0 aromatic heterocycles. The second kappa shape index (κ2) is 16.2. The van der Waals surface area contributed by atoms with Crippen LogP contribution in [0.2, 0.25) is 0 Å². The fourth-order valence-electron chi connectivity index (χ4n) is 2.69. The highest BCUT2D eigenvalue weighted by molar-refractivity contribution is 5.97. The molecule has 1 atom stereocenters. The van der Waals surface area contributed by atoms with Gasteiger partial charge in [0.1, 0.15) is 13.2 Å². The van der Waals surface area contributed by atoms with Crippen LogP contribution in [-0.2, 0) is 33.3 Å². The summed E-state index contributed by atoms with van der Waals surface area (Å²) in [5.74, 6) is -44.6. The molecule has 0 aliphatic heterocycles. The maximum Gasteiger partial charge on any atom is 0.377 e. The van der Waals surface area contributed by atoms with Crippen LogP contribution in [0.5, 0.6) is 0 Å². The fraction of sp³-hybridized carbons (Fsp3) is 0.857. The standard InChI is InChI=1S/C21H22F16O8/c22-14(23)18(30,31)20(34,35)16(26,27)1-3-42-5-7-44-11(38)9-10(12(39)40)13(41)45-8-6-43-4-2-17(28,29)21(36,37)19(32,33)15(24)25/h10,14-15H,1-9H2,(H,39,40). The molecular weight excluding hydrogens is 684 g/mol. The molecule has 24 heteroatoms. The maximum absolute atomic E-state index is 13.4. The molecule has 1 N–H and O–H groups in total. The van der Waals surface area contributed by atoms with E-state index in [1.807, 2.05) is 0 Å². The van der Waals surface area contributed by atoms with E-state index in [0.29, 0.717) is 0 Å². The van der Waals surface area contributed by atoms with E-state index in [1.54, 1.807) is 0 Å². The van der Waals surface area contributed by atoms with Gasteiger partial charge >= 0.3 is 66.3 Å². The summed E-state index contributed by atoms with van der Waals surface area (Å²) in [4.78, 5) is 34.7. The van der Waals surface area contributed by atoms with Crippen molar-refractivity contribution in [3.8, 4) is 0 Å². The van der Waals surface area contributed by atoms with Gasteiger partial charge in [-0.1, -0.05) is 0 Å². The van der Waals surface area contributed by atoms with E-state index >= 15 is 0 Å². The van der Waals surface area contributed by atoms with E-state index in [0.717, 1.165) is 0 Å². The number of rotatable bonds is 22. The number of carboxylic acid groups (broad SMARTS) is 1. The highest BCUT2D eigenvalue weighted by atomic mass is 19.4. The molecular formula is C21H22F16O8. The lowest BCUT2D eigenvalue weighted by Gasteiger charge is -2.32. The minimum atomic E-state index is -6.48. The highest BCUT2D eigenvalue weighted by Crippen LogP contribution is 2.51. The number of esters is 2. The van der Waals surface area contributed by atoms with E-state index < -0.39 is 131 Å². The molecule has 0 saturated carbocycles. The Morgan fingerprint density at radius 2 is 0.911 bits per heavy atom. The van der Waals surface area contributed by atoms with Gasteiger partial charge in [-0.15, -0.1) is 0 Å². The van der Waals surface area contributed by atoms with Crippen molar-refractivity contribution < 1.29 is 109 Å². The Morgan fingerprint density at radius 1 is 0.556 bits per heavy atom. The quantitative estimate of drug-likeness (QED) is 0.0699. The first kappa shape index (κ1) is 42.2. The number of hydrogen-bond acceptors (Lipinski definition) is 7. The molecule has 0 radical (unpaired) electrons. The predicted octanol–water partition coefficient (Wildman–Crippen LogP) is 5.32. The molecule has 0 aliphatic carbocycles. The molecule has 0 aromatic carbocycles. The van der Waals surface area contributed by atoms with Crippen LogP contribution in [0.15, 0.2) is 0 Å². The molecule has 0 rings (SSSR count). The van der Waals surface area contributed by atoms with Crippen molar-refractivity contribution in [2.45, 2.75) is 67.6 Å². The second-order valence-electron chi connectivity index (χ2n) is 8.61. The molecule has 8 nitrogen and oxygen atoms in total. The van der Waals surface area contributed by atoms with Crippen LogP contribution in [0.1, 0.15) is 19.3 Å².